The van der Waals surface area contributed by atoms with E-state index >= 15 is 0 Å². The maximum Gasteiger partial charge on any atom is 0.522 e. The number of hydrogen-bond donors (Lipinski definition) is 2. The molecule has 0 saturated heterocycles. The molecule has 0 aliphatic rings. The van der Waals surface area contributed by atoms with Gasteiger partial charge in [-0.25, -0.2) is 0 Å². The highest BCUT2D eigenvalue weighted by Crippen LogP contribution is 2.17. The Morgan fingerprint density at radius 3 is 2.30 bits per heavy atom. The van der Waals surface area contributed by atoms with Crippen molar-refractivity contribution in [2.24, 2.45) is 0 Å². The molecule has 0 aliphatic carbocycles. The highest BCUT2D eigenvalue weighted by atomic mass is 19.4. The summed E-state index contributed by atoms with van der Waals surface area (Å²) in [4.78, 5) is 11.8. The van der Waals surface area contributed by atoms with Crippen molar-refractivity contribution in [1.29, 1.82) is 0 Å². The number of halogens is 5. The minimum Gasteiger partial charge on any atom is -0.435 e. The van der Waals surface area contributed by atoms with Crippen molar-refractivity contribution >= 4 is 5.91 Å². The molecule has 0 aliphatic heterocycles. The zero-order valence-corrected chi connectivity index (χ0v) is 11.6. The fourth-order valence-corrected chi connectivity index (χ4v) is 1.58. The lowest BCUT2D eigenvalue weighted by Gasteiger charge is -2.17. The molecule has 0 radical (unpaired) electrons. The van der Waals surface area contributed by atoms with Crippen molar-refractivity contribution in [3.05, 3.63) is 29.8 Å². The third-order valence-corrected chi connectivity index (χ3v) is 2.63. The van der Waals surface area contributed by atoms with Crippen molar-refractivity contribution in [2.75, 3.05) is 13.2 Å². The topological polar surface area (TPSA) is 67.8 Å². The van der Waals surface area contributed by atoms with E-state index in [-0.39, 0.29) is 17.7 Å². The maximum atomic E-state index is 12.0. The van der Waals surface area contributed by atoms with Gasteiger partial charge < -0.3 is 15.2 Å². The molecule has 0 unspecified atom stereocenters. The van der Waals surface area contributed by atoms with Crippen LogP contribution in [0.3, 0.4) is 0 Å². The average molecular weight is 343 g/mol. The van der Waals surface area contributed by atoms with E-state index in [0.717, 1.165) is 12.1 Å². The highest BCUT2D eigenvalue weighted by molar-refractivity contribution is 5.94. The summed E-state index contributed by atoms with van der Waals surface area (Å²) in [6.45, 7) is -4.31. The Hall–Kier alpha value is -1.94. The van der Waals surface area contributed by atoms with Gasteiger partial charge in [0.05, 0.1) is 19.3 Å². The molecule has 1 aromatic rings. The van der Waals surface area contributed by atoms with Crippen molar-refractivity contribution in [2.45, 2.75) is 25.4 Å². The van der Waals surface area contributed by atoms with E-state index in [1.165, 1.54) is 12.1 Å². The standard InChI is InChI=1S/C13H14F5NO4/c14-12(15)23-10-3-1-8(2-4-10)11(21)19-9(7-20)5-6-22-13(16,17)18/h1-4,9,12,20H,5-7H2,(H,19,21)/t9-/m0/s1. The van der Waals surface area contributed by atoms with Gasteiger partial charge >= 0.3 is 13.0 Å². The van der Waals surface area contributed by atoms with Crippen LogP contribution < -0.4 is 10.1 Å². The normalized spacial score (nSPS) is 13.0. The van der Waals surface area contributed by atoms with Crippen LogP contribution in [-0.2, 0) is 4.74 Å². The molecule has 1 rings (SSSR count). The Balaban J connectivity index is 2.52. The fraction of sp³-hybridized carbons (Fsp3) is 0.462. The van der Waals surface area contributed by atoms with Crippen molar-refractivity contribution < 1.29 is 41.3 Å². The van der Waals surface area contributed by atoms with E-state index < -0.39 is 38.1 Å². The van der Waals surface area contributed by atoms with E-state index in [9.17, 15) is 26.7 Å². The summed E-state index contributed by atoms with van der Waals surface area (Å²) in [5.41, 5.74) is 0.0711. The Morgan fingerprint density at radius 2 is 1.83 bits per heavy atom. The number of amides is 1. The second kappa shape index (κ2) is 8.63. The van der Waals surface area contributed by atoms with Gasteiger partial charge in [0, 0.05) is 5.56 Å². The molecular formula is C13H14F5NO4. The molecule has 0 fully saturated rings. The van der Waals surface area contributed by atoms with Crippen LogP contribution in [0.4, 0.5) is 22.0 Å². The molecule has 0 bridgehead atoms. The SMILES string of the molecule is O=C(N[C@H](CO)CCOC(F)(F)F)c1ccc(OC(F)F)cc1. The molecule has 23 heavy (non-hydrogen) atoms. The summed E-state index contributed by atoms with van der Waals surface area (Å²) < 4.78 is 67.1. The third kappa shape index (κ3) is 7.75. The van der Waals surface area contributed by atoms with Crippen LogP contribution in [0.5, 0.6) is 5.75 Å². The van der Waals surface area contributed by atoms with Crippen LogP contribution in [-0.4, -0.2) is 43.2 Å². The Morgan fingerprint density at radius 1 is 1.22 bits per heavy atom. The molecule has 1 amide bonds. The molecule has 1 aromatic carbocycles. The number of alkyl halides is 5. The zero-order chi connectivity index (χ0) is 17.5. The van der Waals surface area contributed by atoms with Gasteiger partial charge in [-0.2, -0.15) is 8.78 Å². The molecule has 10 heteroatoms. The summed E-state index contributed by atoms with van der Waals surface area (Å²) >= 11 is 0. The molecular weight excluding hydrogens is 329 g/mol. The van der Waals surface area contributed by atoms with Gasteiger partial charge in [-0.05, 0) is 30.7 Å². The fourth-order valence-electron chi connectivity index (χ4n) is 1.58. The van der Waals surface area contributed by atoms with Gasteiger partial charge in [-0.3, -0.25) is 9.53 Å². The number of nitrogens with one attached hydrogen (secondary N) is 1. The highest BCUT2D eigenvalue weighted by Gasteiger charge is 2.29. The first-order chi connectivity index (χ1) is 10.7. The summed E-state index contributed by atoms with van der Waals surface area (Å²) in [6, 6.07) is 3.74. The van der Waals surface area contributed by atoms with Gasteiger partial charge in [0.2, 0.25) is 0 Å². The maximum absolute atomic E-state index is 12.0. The third-order valence-electron chi connectivity index (χ3n) is 2.63. The minimum absolute atomic E-state index is 0.0711. The van der Waals surface area contributed by atoms with Crippen molar-refractivity contribution in [3.8, 4) is 5.75 Å². The molecule has 1 atom stereocenters. The number of benzene rings is 1. The van der Waals surface area contributed by atoms with Gasteiger partial charge in [0.15, 0.2) is 0 Å². The Kier molecular flexibility index (Phi) is 7.17. The van der Waals surface area contributed by atoms with Gasteiger partial charge in [-0.1, -0.05) is 0 Å². The monoisotopic (exact) mass is 343 g/mol. The molecule has 2 N–H and O–H groups in total. The van der Waals surface area contributed by atoms with Gasteiger partial charge in [0.1, 0.15) is 5.75 Å². The van der Waals surface area contributed by atoms with Gasteiger partial charge in [-0.15, -0.1) is 13.2 Å². The second-order valence-corrected chi connectivity index (χ2v) is 4.34. The number of carbonyl (C=O) groups excluding carboxylic acids is 1. The zero-order valence-electron chi connectivity index (χ0n) is 11.6. The van der Waals surface area contributed by atoms with E-state index in [2.05, 4.69) is 14.8 Å². The molecule has 0 spiro atoms. The molecule has 130 valence electrons. The van der Waals surface area contributed by atoms with Crippen molar-refractivity contribution in [3.63, 3.8) is 0 Å². The lowest BCUT2D eigenvalue weighted by Crippen LogP contribution is -2.38. The quantitative estimate of drug-likeness (QED) is 0.711. The van der Waals surface area contributed by atoms with Crippen LogP contribution >= 0.6 is 0 Å². The number of aliphatic hydroxyl groups is 1. The number of aliphatic hydroxyl groups excluding tert-OH is 1. The number of carbonyl (C=O) groups is 1. The van der Waals surface area contributed by atoms with Crippen LogP contribution in [0.15, 0.2) is 24.3 Å². The number of hydrogen-bond acceptors (Lipinski definition) is 4. The van der Waals surface area contributed by atoms with Crippen LogP contribution in [0, 0.1) is 0 Å². The van der Waals surface area contributed by atoms with E-state index in [0.29, 0.717) is 0 Å². The summed E-state index contributed by atoms with van der Waals surface area (Å²) in [6.07, 6.45) is -5.04. The molecule has 0 aromatic heterocycles. The first-order valence-electron chi connectivity index (χ1n) is 6.38. The molecule has 0 saturated carbocycles. The van der Waals surface area contributed by atoms with Crippen LogP contribution in [0.1, 0.15) is 16.8 Å². The first kappa shape index (κ1) is 19.1. The van der Waals surface area contributed by atoms with Crippen molar-refractivity contribution in [1.82, 2.24) is 5.32 Å². The minimum atomic E-state index is -4.79. The van der Waals surface area contributed by atoms with E-state index in [1.54, 1.807) is 0 Å². The van der Waals surface area contributed by atoms with Crippen LogP contribution in [0.2, 0.25) is 0 Å². The second-order valence-electron chi connectivity index (χ2n) is 4.34. The Bertz CT molecular complexity index is 492. The lowest BCUT2D eigenvalue weighted by molar-refractivity contribution is -0.325. The molecule has 0 heterocycles. The number of rotatable bonds is 8. The summed E-state index contributed by atoms with van der Waals surface area (Å²) in [5.74, 6) is -0.825. The predicted octanol–water partition coefficient (Wildman–Crippen LogP) is 2.31. The van der Waals surface area contributed by atoms with Crippen LogP contribution in [0.25, 0.3) is 0 Å². The first-order valence-corrected chi connectivity index (χ1v) is 6.38. The molecule has 5 nitrogen and oxygen atoms in total. The predicted molar refractivity (Wildman–Crippen MR) is 68.0 cm³/mol. The Labute approximate surface area is 128 Å². The van der Waals surface area contributed by atoms with E-state index in [1.807, 2.05) is 0 Å². The van der Waals surface area contributed by atoms with Gasteiger partial charge in [0.25, 0.3) is 5.91 Å². The lowest BCUT2D eigenvalue weighted by atomic mass is 10.1. The summed E-state index contributed by atoms with van der Waals surface area (Å²) in [7, 11) is 0. The average Bonchev–Trinajstić information content (AvgIpc) is 2.44. The number of ether oxygens (including phenoxy) is 2. The van der Waals surface area contributed by atoms with E-state index in [4.69, 9.17) is 5.11 Å². The smallest absolute Gasteiger partial charge is 0.435 e. The largest absolute Gasteiger partial charge is 0.522 e. The summed E-state index contributed by atoms with van der Waals surface area (Å²) in [5, 5.41) is 11.3.